The topological polar surface area (TPSA) is 62.4 Å². The summed E-state index contributed by atoms with van der Waals surface area (Å²) in [6.07, 6.45) is 0. The second-order valence-corrected chi connectivity index (χ2v) is 6.15. The van der Waals surface area contributed by atoms with E-state index in [1.165, 1.54) is 4.90 Å². The number of benzene rings is 1. The normalized spacial score (nSPS) is 11.0. The smallest absolute Gasteiger partial charge is 0.325 e. The van der Waals surface area contributed by atoms with Crippen LogP contribution in [0.1, 0.15) is 31.3 Å². The highest BCUT2D eigenvalue weighted by Crippen LogP contribution is 2.30. The lowest BCUT2D eigenvalue weighted by Crippen LogP contribution is -2.41. The molecule has 1 heterocycles. The molecule has 0 bridgehead atoms. The number of nitrogens with zero attached hydrogens (tertiary/aromatic N) is 1. The molecule has 0 aliphatic rings. The Kier molecular flexibility index (Phi) is 5.55. The molecule has 1 aromatic heterocycles. The number of carbonyl (C=O) groups excluding carboxylic acids is 2. The maximum Gasteiger partial charge on any atom is 0.325 e. The predicted molar refractivity (Wildman–Crippen MR) is 91.1 cm³/mol. The number of hydrogen-bond acceptors (Lipinski definition) is 3. The van der Waals surface area contributed by atoms with Crippen LogP contribution >= 0.6 is 23.2 Å². The van der Waals surface area contributed by atoms with Gasteiger partial charge in [0.05, 0.1) is 11.6 Å². The fourth-order valence-corrected chi connectivity index (χ4v) is 2.71. The quantitative estimate of drug-likeness (QED) is 0.826. The molecule has 7 heteroatoms. The first kappa shape index (κ1) is 17.6. The van der Waals surface area contributed by atoms with Crippen molar-refractivity contribution < 1.29 is 14.3 Å². The molecule has 0 spiro atoms. The third kappa shape index (κ3) is 3.79. The summed E-state index contributed by atoms with van der Waals surface area (Å²) in [5.41, 5.74) is 0.949. The number of nitrogens with one attached hydrogen (secondary N) is 1. The lowest BCUT2D eigenvalue weighted by Gasteiger charge is -2.25. The monoisotopic (exact) mass is 356 g/mol. The van der Waals surface area contributed by atoms with Crippen LogP contribution in [0.25, 0.3) is 10.9 Å². The first-order chi connectivity index (χ1) is 10.8. The Morgan fingerprint density at radius 2 is 2.00 bits per heavy atom. The average molecular weight is 357 g/mol. The molecule has 0 radical (unpaired) electrons. The summed E-state index contributed by atoms with van der Waals surface area (Å²) in [6, 6.07) is 4.98. The highest BCUT2D eigenvalue weighted by molar-refractivity contribution is 6.39. The molecule has 2 rings (SSSR count). The number of ether oxygens (including phenoxy) is 1. The number of esters is 1. The summed E-state index contributed by atoms with van der Waals surface area (Å²) in [5, 5.41) is 1.49. The summed E-state index contributed by atoms with van der Waals surface area (Å²) in [4.78, 5) is 28.9. The summed E-state index contributed by atoms with van der Waals surface area (Å²) >= 11 is 12.3. The molecule has 1 aromatic carbocycles. The zero-order valence-electron chi connectivity index (χ0n) is 13.2. The summed E-state index contributed by atoms with van der Waals surface area (Å²) < 4.78 is 4.92. The SMILES string of the molecule is CCOC(=O)CN(C(=O)c1[nH]c2ccc(Cl)cc2c1Cl)C(C)C. The molecule has 1 N–H and O–H groups in total. The van der Waals surface area contributed by atoms with E-state index in [0.29, 0.717) is 20.9 Å². The van der Waals surface area contributed by atoms with E-state index < -0.39 is 5.97 Å². The van der Waals surface area contributed by atoms with Gasteiger partial charge in [-0.05, 0) is 39.0 Å². The van der Waals surface area contributed by atoms with Gasteiger partial charge in [0.15, 0.2) is 0 Å². The van der Waals surface area contributed by atoms with Gasteiger partial charge in [-0.15, -0.1) is 0 Å². The number of hydrogen-bond donors (Lipinski definition) is 1. The van der Waals surface area contributed by atoms with E-state index in [1.807, 2.05) is 13.8 Å². The Morgan fingerprint density at radius 3 is 2.61 bits per heavy atom. The van der Waals surface area contributed by atoms with Crippen molar-refractivity contribution in [3.05, 3.63) is 33.9 Å². The van der Waals surface area contributed by atoms with Crippen molar-refractivity contribution in [3.63, 3.8) is 0 Å². The standard InChI is InChI=1S/C16H18Cl2N2O3/c1-4-23-13(21)8-20(9(2)3)16(22)15-14(18)11-7-10(17)5-6-12(11)19-15/h5-7,9,19H,4,8H2,1-3H3. The second-order valence-electron chi connectivity index (χ2n) is 5.34. The van der Waals surface area contributed by atoms with E-state index in [0.717, 1.165) is 0 Å². The zero-order valence-corrected chi connectivity index (χ0v) is 14.7. The van der Waals surface area contributed by atoms with Crippen LogP contribution in [0.3, 0.4) is 0 Å². The minimum atomic E-state index is -0.454. The average Bonchev–Trinajstić information content (AvgIpc) is 2.81. The van der Waals surface area contributed by atoms with E-state index in [1.54, 1.807) is 25.1 Å². The molecule has 0 aliphatic carbocycles. The fraction of sp³-hybridized carbons (Fsp3) is 0.375. The molecule has 0 saturated heterocycles. The van der Waals surface area contributed by atoms with Crippen LogP contribution in [0.5, 0.6) is 0 Å². The van der Waals surface area contributed by atoms with Crippen LogP contribution in [0.15, 0.2) is 18.2 Å². The summed E-state index contributed by atoms with van der Waals surface area (Å²) in [5.74, 6) is -0.810. The first-order valence-electron chi connectivity index (χ1n) is 7.28. The van der Waals surface area contributed by atoms with Gasteiger partial charge in [0, 0.05) is 22.0 Å². The minimum absolute atomic E-state index is 0.128. The number of halogens is 2. The Bertz CT molecular complexity index is 740. The molecule has 124 valence electrons. The molecule has 23 heavy (non-hydrogen) atoms. The van der Waals surface area contributed by atoms with E-state index >= 15 is 0 Å². The summed E-state index contributed by atoms with van der Waals surface area (Å²) in [7, 11) is 0. The van der Waals surface area contributed by atoms with Crippen molar-refractivity contribution in [3.8, 4) is 0 Å². The van der Waals surface area contributed by atoms with E-state index in [2.05, 4.69) is 4.98 Å². The largest absolute Gasteiger partial charge is 0.465 e. The third-order valence-electron chi connectivity index (χ3n) is 3.40. The highest BCUT2D eigenvalue weighted by Gasteiger charge is 2.26. The van der Waals surface area contributed by atoms with Gasteiger partial charge in [0.25, 0.3) is 5.91 Å². The van der Waals surface area contributed by atoms with Crippen molar-refractivity contribution in [2.75, 3.05) is 13.2 Å². The van der Waals surface area contributed by atoms with Gasteiger partial charge in [-0.2, -0.15) is 0 Å². The Hall–Kier alpha value is -1.72. The lowest BCUT2D eigenvalue weighted by atomic mass is 10.2. The van der Waals surface area contributed by atoms with Crippen LogP contribution in [0.2, 0.25) is 10.0 Å². The number of rotatable bonds is 5. The molecule has 1 amide bonds. The number of fused-ring (bicyclic) bond motifs is 1. The van der Waals surface area contributed by atoms with Gasteiger partial charge < -0.3 is 14.6 Å². The molecule has 0 fully saturated rings. The number of carbonyl (C=O) groups is 2. The molecule has 0 saturated carbocycles. The fourth-order valence-electron chi connectivity index (χ4n) is 2.26. The van der Waals surface area contributed by atoms with Crippen LogP contribution < -0.4 is 0 Å². The van der Waals surface area contributed by atoms with Crippen molar-refractivity contribution in [1.29, 1.82) is 0 Å². The highest BCUT2D eigenvalue weighted by atomic mass is 35.5. The minimum Gasteiger partial charge on any atom is -0.465 e. The Balaban J connectivity index is 2.36. The van der Waals surface area contributed by atoms with Crippen LogP contribution in [-0.2, 0) is 9.53 Å². The third-order valence-corrected chi connectivity index (χ3v) is 4.03. The summed E-state index contributed by atoms with van der Waals surface area (Å²) in [6.45, 7) is 5.51. The van der Waals surface area contributed by atoms with Gasteiger partial charge in [-0.3, -0.25) is 9.59 Å². The number of aromatic amines is 1. The number of H-pyrrole nitrogens is 1. The molecular weight excluding hydrogens is 339 g/mol. The van der Waals surface area contributed by atoms with Crippen molar-refractivity contribution in [2.24, 2.45) is 0 Å². The second kappa shape index (κ2) is 7.23. The van der Waals surface area contributed by atoms with Crippen molar-refractivity contribution >= 4 is 46.0 Å². The van der Waals surface area contributed by atoms with Crippen LogP contribution in [0, 0.1) is 0 Å². The molecule has 0 atom stereocenters. The van der Waals surface area contributed by atoms with Crippen LogP contribution in [0.4, 0.5) is 0 Å². The maximum absolute atomic E-state index is 12.8. The first-order valence-corrected chi connectivity index (χ1v) is 8.04. The van der Waals surface area contributed by atoms with Gasteiger partial charge >= 0.3 is 5.97 Å². The van der Waals surface area contributed by atoms with Crippen molar-refractivity contribution in [2.45, 2.75) is 26.8 Å². The number of amides is 1. The van der Waals surface area contributed by atoms with Gasteiger partial charge in [0.2, 0.25) is 0 Å². The number of aromatic nitrogens is 1. The predicted octanol–water partition coefficient (Wildman–Crippen LogP) is 3.89. The zero-order chi connectivity index (χ0) is 17.1. The molecule has 0 aliphatic heterocycles. The Morgan fingerprint density at radius 1 is 1.30 bits per heavy atom. The maximum atomic E-state index is 12.8. The van der Waals surface area contributed by atoms with Crippen molar-refractivity contribution in [1.82, 2.24) is 9.88 Å². The van der Waals surface area contributed by atoms with Gasteiger partial charge in [-0.1, -0.05) is 23.2 Å². The molecule has 2 aromatic rings. The lowest BCUT2D eigenvalue weighted by molar-refractivity contribution is -0.144. The van der Waals surface area contributed by atoms with E-state index in [9.17, 15) is 9.59 Å². The van der Waals surface area contributed by atoms with Crippen LogP contribution in [-0.4, -0.2) is 41.0 Å². The Labute approximate surface area is 144 Å². The molecule has 5 nitrogen and oxygen atoms in total. The van der Waals surface area contributed by atoms with Gasteiger partial charge in [-0.25, -0.2) is 0 Å². The molecular formula is C16H18Cl2N2O3. The van der Waals surface area contributed by atoms with Gasteiger partial charge in [0.1, 0.15) is 12.2 Å². The van der Waals surface area contributed by atoms with E-state index in [-0.39, 0.29) is 30.8 Å². The molecule has 0 unspecified atom stereocenters. The van der Waals surface area contributed by atoms with E-state index in [4.69, 9.17) is 27.9 Å².